The van der Waals surface area contributed by atoms with E-state index in [9.17, 15) is 0 Å². The summed E-state index contributed by atoms with van der Waals surface area (Å²) in [5.41, 5.74) is 0.521. The molecular weight excluding hydrogens is 266 g/mol. The molecule has 0 bridgehead atoms. The molecule has 3 nitrogen and oxygen atoms in total. The maximum absolute atomic E-state index is 4.68. The molecule has 0 atom stereocenters. The average Bonchev–Trinajstić information content (AvgIpc) is 2.47. The second-order valence-corrected chi connectivity index (χ2v) is 7.46. The van der Waals surface area contributed by atoms with Gasteiger partial charge in [0.05, 0.1) is 0 Å². The van der Waals surface area contributed by atoms with E-state index in [1.54, 1.807) is 0 Å². The predicted molar refractivity (Wildman–Crippen MR) is 90.8 cm³/mol. The lowest BCUT2D eigenvalue weighted by atomic mass is 9.75. The van der Waals surface area contributed by atoms with Crippen molar-refractivity contribution in [2.45, 2.75) is 32.1 Å². The molecule has 0 amide bonds. The van der Waals surface area contributed by atoms with E-state index < -0.39 is 0 Å². The molecule has 2 fully saturated rings. The molecule has 0 radical (unpaired) electrons. The van der Waals surface area contributed by atoms with Crippen molar-refractivity contribution in [1.29, 1.82) is 0 Å². The highest BCUT2D eigenvalue weighted by Crippen LogP contribution is 2.38. The third kappa shape index (κ3) is 4.90. The van der Waals surface area contributed by atoms with Crippen LogP contribution in [0.3, 0.4) is 0 Å². The van der Waals surface area contributed by atoms with Crippen molar-refractivity contribution in [3.63, 3.8) is 0 Å². The van der Waals surface area contributed by atoms with E-state index in [2.05, 4.69) is 41.4 Å². The van der Waals surface area contributed by atoms with Gasteiger partial charge in [0.15, 0.2) is 0 Å². The zero-order valence-electron chi connectivity index (χ0n) is 13.5. The van der Waals surface area contributed by atoms with E-state index in [-0.39, 0.29) is 0 Å². The molecule has 1 heterocycles. The molecule has 1 aliphatic heterocycles. The minimum atomic E-state index is 0.521. The molecule has 0 aromatic heterocycles. The summed E-state index contributed by atoms with van der Waals surface area (Å²) in [6.07, 6.45) is 7.08. The highest BCUT2D eigenvalue weighted by molar-refractivity contribution is 7.80. The van der Waals surface area contributed by atoms with E-state index in [1.807, 2.05) is 0 Å². The summed E-state index contributed by atoms with van der Waals surface area (Å²) >= 11 is 4.68. The SMILES string of the molecule is CN(C)CCN1CCN(CC2(CS)CCCCC2)CC1. The zero-order chi connectivity index (χ0) is 14.4. The standard InChI is InChI=1S/C16H33N3S/c1-17(2)8-9-18-10-12-19(13-11-18)14-16(15-20)6-4-3-5-7-16/h20H,3-15H2,1-2H3. The molecular formula is C16H33N3S. The van der Waals surface area contributed by atoms with Gasteiger partial charge in [-0.25, -0.2) is 0 Å². The second-order valence-electron chi connectivity index (χ2n) is 7.14. The Morgan fingerprint density at radius 3 is 2.10 bits per heavy atom. The van der Waals surface area contributed by atoms with Crippen LogP contribution in [-0.2, 0) is 0 Å². The normalized spacial score (nSPS) is 25.2. The van der Waals surface area contributed by atoms with Crippen LogP contribution in [-0.4, -0.2) is 80.4 Å². The fourth-order valence-electron chi connectivity index (χ4n) is 3.65. The van der Waals surface area contributed by atoms with Crippen LogP contribution >= 0.6 is 12.6 Å². The summed E-state index contributed by atoms with van der Waals surface area (Å²) in [6, 6.07) is 0. The van der Waals surface area contributed by atoms with E-state index in [0.29, 0.717) is 5.41 Å². The molecule has 0 unspecified atom stereocenters. The Bertz CT molecular complexity index is 269. The topological polar surface area (TPSA) is 9.72 Å². The number of nitrogens with zero attached hydrogens (tertiary/aromatic N) is 3. The van der Waals surface area contributed by atoms with Crippen LogP contribution in [0.2, 0.25) is 0 Å². The van der Waals surface area contributed by atoms with Crippen LogP contribution in [0.25, 0.3) is 0 Å². The van der Waals surface area contributed by atoms with Crippen molar-refractivity contribution < 1.29 is 0 Å². The van der Waals surface area contributed by atoms with Crippen LogP contribution in [0.15, 0.2) is 0 Å². The van der Waals surface area contributed by atoms with Crippen LogP contribution in [0, 0.1) is 5.41 Å². The van der Waals surface area contributed by atoms with Gasteiger partial charge in [0.25, 0.3) is 0 Å². The summed E-state index contributed by atoms with van der Waals surface area (Å²) in [6.45, 7) is 8.69. The Morgan fingerprint density at radius 2 is 1.55 bits per heavy atom. The summed E-state index contributed by atoms with van der Waals surface area (Å²) in [5, 5.41) is 0. The van der Waals surface area contributed by atoms with Gasteiger partial charge < -0.3 is 9.80 Å². The average molecular weight is 300 g/mol. The molecule has 0 aromatic carbocycles. The second kappa shape index (κ2) is 8.02. The van der Waals surface area contributed by atoms with Gasteiger partial charge in [-0.15, -0.1) is 0 Å². The number of rotatable bonds is 6. The van der Waals surface area contributed by atoms with E-state index in [0.717, 1.165) is 5.75 Å². The highest BCUT2D eigenvalue weighted by atomic mass is 32.1. The maximum atomic E-state index is 4.68. The quantitative estimate of drug-likeness (QED) is 0.753. The summed E-state index contributed by atoms with van der Waals surface area (Å²) in [7, 11) is 4.32. The Labute approximate surface area is 131 Å². The van der Waals surface area contributed by atoms with Crippen molar-refractivity contribution in [1.82, 2.24) is 14.7 Å². The third-order valence-corrected chi connectivity index (χ3v) is 5.81. The van der Waals surface area contributed by atoms with Crippen molar-refractivity contribution >= 4 is 12.6 Å². The largest absolute Gasteiger partial charge is 0.308 e. The third-order valence-electron chi connectivity index (χ3n) is 5.14. The molecule has 1 saturated heterocycles. The van der Waals surface area contributed by atoms with Gasteiger partial charge in [-0.2, -0.15) is 12.6 Å². The minimum absolute atomic E-state index is 0.521. The first-order valence-corrected chi connectivity index (χ1v) is 8.97. The van der Waals surface area contributed by atoms with E-state index in [1.165, 1.54) is 77.9 Å². The number of hydrogen-bond donors (Lipinski definition) is 1. The highest BCUT2D eigenvalue weighted by Gasteiger charge is 2.33. The van der Waals surface area contributed by atoms with Crippen molar-refractivity contribution in [2.24, 2.45) is 5.41 Å². The summed E-state index contributed by atoms with van der Waals surface area (Å²) in [4.78, 5) is 7.60. The lowest BCUT2D eigenvalue weighted by molar-refractivity contribution is 0.0725. The van der Waals surface area contributed by atoms with Gasteiger partial charge in [-0.05, 0) is 38.1 Å². The minimum Gasteiger partial charge on any atom is -0.308 e. The molecule has 118 valence electrons. The van der Waals surface area contributed by atoms with Crippen molar-refractivity contribution in [2.75, 3.05) is 65.7 Å². The Hall–Kier alpha value is 0.230. The van der Waals surface area contributed by atoms with Gasteiger partial charge in [0, 0.05) is 45.8 Å². The van der Waals surface area contributed by atoms with Crippen LogP contribution in [0.1, 0.15) is 32.1 Å². The number of thiol groups is 1. The Kier molecular flexibility index (Phi) is 6.66. The van der Waals surface area contributed by atoms with Gasteiger partial charge in [-0.3, -0.25) is 4.90 Å². The summed E-state index contributed by atoms with van der Waals surface area (Å²) in [5.74, 6) is 1.08. The summed E-state index contributed by atoms with van der Waals surface area (Å²) < 4.78 is 0. The number of piperazine rings is 1. The molecule has 20 heavy (non-hydrogen) atoms. The van der Waals surface area contributed by atoms with Gasteiger partial charge >= 0.3 is 0 Å². The monoisotopic (exact) mass is 299 g/mol. The Balaban J connectivity index is 1.73. The molecule has 4 heteroatoms. The fourth-order valence-corrected chi connectivity index (χ4v) is 4.07. The molecule has 0 spiro atoms. The molecule has 1 aliphatic carbocycles. The molecule has 1 saturated carbocycles. The van der Waals surface area contributed by atoms with E-state index >= 15 is 0 Å². The number of likely N-dealkylation sites (N-methyl/N-ethyl adjacent to an activating group) is 1. The number of hydrogen-bond acceptors (Lipinski definition) is 4. The van der Waals surface area contributed by atoms with E-state index in [4.69, 9.17) is 0 Å². The smallest absolute Gasteiger partial charge is 0.0110 e. The first-order valence-electron chi connectivity index (χ1n) is 8.34. The zero-order valence-corrected chi connectivity index (χ0v) is 14.4. The van der Waals surface area contributed by atoms with Crippen molar-refractivity contribution in [3.05, 3.63) is 0 Å². The molecule has 2 rings (SSSR count). The van der Waals surface area contributed by atoms with Gasteiger partial charge in [-0.1, -0.05) is 19.3 Å². The molecule has 0 N–H and O–H groups in total. The lowest BCUT2D eigenvalue weighted by Crippen LogP contribution is -2.51. The van der Waals surface area contributed by atoms with Crippen LogP contribution in [0.5, 0.6) is 0 Å². The Morgan fingerprint density at radius 1 is 0.950 bits per heavy atom. The van der Waals surface area contributed by atoms with Gasteiger partial charge in [0.1, 0.15) is 0 Å². The first-order chi connectivity index (χ1) is 9.63. The van der Waals surface area contributed by atoms with Crippen molar-refractivity contribution in [3.8, 4) is 0 Å². The first kappa shape index (κ1) is 16.6. The van der Waals surface area contributed by atoms with Gasteiger partial charge in [0.2, 0.25) is 0 Å². The van der Waals surface area contributed by atoms with Crippen LogP contribution < -0.4 is 0 Å². The lowest BCUT2D eigenvalue weighted by Gasteiger charge is -2.43. The molecule has 2 aliphatic rings. The predicted octanol–water partition coefficient (Wildman–Crippen LogP) is 2.05. The van der Waals surface area contributed by atoms with Crippen LogP contribution in [0.4, 0.5) is 0 Å². The maximum Gasteiger partial charge on any atom is 0.0110 e. The fraction of sp³-hybridized carbons (Fsp3) is 1.00. The molecule has 0 aromatic rings.